The lowest BCUT2D eigenvalue weighted by molar-refractivity contribution is -0.134. The highest BCUT2D eigenvalue weighted by molar-refractivity contribution is 6.53. The molecule has 8 heteroatoms. The number of urea groups is 1. The van der Waals surface area contributed by atoms with E-state index >= 15 is 0 Å². The molecule has 116 valence electrons. The summed E-state index contributed by atoms with van der Waals surface area (Å²) in [7, 11) is 0. The van der Waals surface area contributed by atoms with Crippen molar-refractivity contribution in [3.05, 3.63) is 23.0 Å². The van der Waals surface area contributed by atoms with Crippen molar-refractivity contribution in [2.45, 2.75) is 31.8 Å². The van der Waals surface area contributed by atoms with Gasteiger partial charge < -0.3 is 4.74 Å². The Labute approximate surface area is 130 Å². The third-order valence-electron chi connectivity index (χ3n) is 3.66. The van der Waals surface area contributed by atoms with E-state index < -0.39 is 23.7 Å². The number of rotatable bonds is 3. The molecule has 1 aliphatic carbocycles. The van der Waals surface area contributed by atoms with Crippen molar-refractivity contribution in [3.8, 4) is 5.75 Å². The van der Waals surface area contributed by atoms with Gasteiger partial charge in [-0.25, -0.2) is 14.1 Å². The Hall–Kier alpha value is -2.15. The van der Waals surface area contributed by atoms with Crippen LogP contribution in [0.15, 0.2) is 12.1 Å². The van der Waals surface area contributed by atoms with Gasteiger partial charge in [0.15, 0.2) is 0 Å². The van der Waals surface area contributed by atoms with E-state index in [0.29, 0.717) is 4.90 Å². The average molecular weight is 327 g/mol. The maximum Gasteiger partial charge on any atom is 0.336 e. The smallest absolute Gasteiger partial charge is 0.336 e. The molecule has 3 rings (SSSR count). The van der Waals surface area contributed by atoms with Crippen LogP contribution in [-0.4, -0.2) is 23.9 Å². The summed E-state index contributed by atoms with van der Waals surface area (Å²) in [4.78, 5) is 34.9. The van der Waals surface area contributed by atoms with E-state index in [9.17, 15) is 18.8 Å². The molecule has 2 aliphatic rings. The number of anilines is 1. The lowest BCUT2D eigenvalue weighted by atomic mass is 10.2. The molecule has 0 atom stereocenters. The van der Waals surface area contributed by atoms with Crippen LogP contribution in [0, 0.1) is 5.82 Å². The third kappa shape index (κ3) is 2.52. The van der Waals surface area contributed by atoms with E-state index in [1.165, 1.54) is 6.07 Å². The number of nitrogens with one attached hydrogen (secondary N) is 1. The van der Waals surface area contributed by atoms with Gasteiger partial charge in [-0.05, 0) is 31.7 Å². The second-order valence-electron chi connectivity index (χ2n) is 5.16. The lowest BCUT2D eigenvalue weighted by Gasteiger charge is -2.18. The van der Waals surface area contributed by atoms with Gasteiger partial charge in [-0.2, -0.15) is 0 Å². The molecular formula is C14H12ClFN2O4. The predicted octanol–water partition coefficient (Wildman–Crippen LogP) is 2.38. The second kappa shape index (κ2) is 5.57. The second-order valence-corrected chi connectivity index (χ2v) is 5.57. The van der Waals surface area contributed by atoms with E-state index in [0.717, 1.165) is 31.7 Å². The highest BCUT2D eigenvalue weighted by Gasteiger charge is 2.40. The molecule has 0 radical (unpaired) electrons. The molecule has 2 fully saturated rings. The summed E-state index contributed by atoms with van der Waals surface area (Å²) in [5, 5.41) is 1.86. The number of ether oxygens (including phenoxy) is 1. The molecule has 0 bridgehead atoms. The fourth-order valence-electron chi connectivity index (χ4n) is 2.58. The minimum Gasteiger partial charge on any atom is -0.489 e. The first-order valence-corrected chi connectivity index (χ1v) is 7.20. The zero-order chi connectivity index (χ0) is 15.9. The largest absolute Gasteiger partial charge is 0.489 e. The molecule has 0 aromatic heterocycles. The van der Waals surface area contributed by atoms with Gasteiger partial charge in [0, 0.05) is 6.07 Å². The molecule has 1 saturated heterocycles. The van der Waals surface area contributed by atoms with Gasteiger partial charge in [0.2, 0.25) is 0 Å². The van der Waals surface area contributed by atoms with E-state index in [-0.39, 0.29) is 22.6 Å². The molecule has 1 heterocycles. The van der Waals surface area contributed by atoms with Crippen LogP contribution in [0.3, 0.4) is 0 Å². The van der Waals surface area contributed by atoms with E-state index in [4.69, 9.17) is 16.3 Å². The monoisotopic (exact) mass is 326 g/mol. The zero-order valence-corrected chi connectivity index (χ0v) is 12.2. The number of hydrogen-bond acceptors (Lipinski definition) is 4. The third-order valence-corrected chi connectivity index (χ3v) is 3.95. The van der Waals surface area contributed by atoms with Crippen molar-refractivity contribution >= 4 is 35.1 Å². The van der Waals surface area contributed by atoms with Gasteiger partial charge >= 0.3 is 17.8 Å². The molecule has 4 amide bonds. The quantitative estimate of drug-likeness (QED) is 0.683. The number of carbonyl (C=O) groups is 3. The van der Waals surface area contributed by atoms with Crippen molar-refractivity contribution in [2.24, 2.45) is 0 Å². The molecule has 22 heavy (non-hydrogen) atoms. The Morgan fingerprint density at radius 1 is 1.23 bits per heavy atom. The Kier molecular flexibility index (Phi) is 3.74. The van der Waals surface area contributed by atoms with Crippen LogP contribution in [0.1, 0.15) is 25.7 Å². The van der Waals surface area contributed by atoms with E-state index in [1.54, 1.807) is 0 Å². The number of carbonyl (C=O) groups excluding carboxylic acids is 3. The van der Waals surface area contributed by atoms with Crippen LogP contribution in [0.5, 0.6) is 5.75 Å². The highest BCUT2D eigenvalue weighted by Crippen LogP contribution is 2.35. The normalized spacial score (nSPS) is 19.0. The first kappa shape index (κ1) is 14.8. The Morgan fingerprint density at radius 2 is 1.91 bits per heavy atom. The molecular weight excluding hydrogens is 315 g/mol. The Bertz CT molecular complexity index is 673. The summed E-state index contributed by atoms with van der Waals surface area (Å²) in [5.74, 6) is -2.94. The molecule has 1 aromatic rings. The highest BCUT2D eigenvalue weighted by atomic mass is 35.5. The number of nitrogens with zero attached hydrogens (tertiary/aromatic N) is 1. The molecule has 6 nitrogen and oxygen atoms in total. The SMILES string of the molecule is O=C1NC(=O)N(c2cc(OC3CCCC3)c(Cl)cc2F)C1=O. The molecule has 1 saturated carbocycles. The van der Waals surface area contributed by atoms with Crippen molar-refractivity contribution in [2.75, 3.05) is 4.90 Å². The van der Waals surface area contributed by atoms with Gasteiger partial charge in [-0.1, -0.05) is 11.6 Å². The van der Waals surface area contributed by atoms with Crippen LogP contribution in [-0.2, 0) is 9.59 Å². The summed E-state index contributed by atoms with van der Waals surface area (Å²) < 4.78 is 19.7. The van der Waals surface area contributed by atoms with Crippen molar-refractivity contribution in [3.63, 3.8) is 0 Å². The van der Waals surface area contributed by atoms with Crippen LogP contribution >= 0.6 is 11.6 Å². The predicted molar refractivity (Wildman–Crippen MR) is 75.3 cm³/mol. The summed E-state index contributed by atoms with van der Waals surface area (Å²) in [6.45, 7) is 0. The van der Waals surface area contributed by atoms with Crippen LogP contribution in [0.25, 0.3) is 0 Å². The van der Waals surface area contributed by atoms with Gasteiger partial charge in [-0.3, -0.25) is 14.9 Å². The molecule has 1 aliphatic heterocycles. The molecule has 0 spiro atoms. The van der Waals surface area contributed by atoms with Crippen molar-refractivity contribution < 1.29 is 23.5 Å². The summed E-state index contributed by atoms with van der Waals surface area (Å²) >= 11 is 5.95. The number of halogens is 2. The van der Waals surface area contributed by atoms with E-state index in [2.05, 4.69) is 0 Å². The molecule has 1 N–H and O–H groups in total. The Balaban J connectivity index is 1.95. The van der Waals surface area contributed by atoms with Crippen LogP contribution in [0.2, 0.25) is 5.02 Å². The average Bonchev–Trinajstić information content (AvgIpc) is 3.04. The van der Waals surface area contributed by atoms with E-state index in [1.807, 2.05) is 5.32 Å². The van der Waals surface area contributed by atoms with Crippen LogP contribution < -0.4 is 15.0 Å². The van der Waals surface area contributed by atoms with Gasteiger partial charge in [0.1, 0.15) is 11.6 Å². The maximum atomic E-state index is 14.0. The molecule has 1 aromatic carbocycles. The first-order chi connectivity index (χ1) is 10.5. The van der Waals surface area contributed by atoms with Gasteiger partial charge in [0.25, 0.3) is 0 Å². The van der Waals surface area contributed by atoms with Crippen LogP contribution in [0.4, 0.5) is 14.9 Å². The number of hydrogen-bond donors (Lipinski definition) is 1. The van der Waals surface area contributed by atoms with Gasteiger partial charge in [-0.15, -0.1) is 0 Å². The topological polar surface area (TPSA) is 75.7 Å². The number of amides is 4. The molecule has 0 unspecified atom stereocenters. The van der Waals surface area contributed by atoms with Gasteiger partial charge in [0.05, 0.1) is 16.8 Å². The first-order valence-electron chi connectivity index (χ1n) is 6.82. The fourth-order valence-corrected chi connectivity index (χ4v) is 2.78. The Morgan fingerprint density at radius 3 is 2.50 bits per heavy atom. The minimum absolute atomic E-state index is 0.0273. The zero-order valence-electron chi connectivity index (χ0n) is 11.4. The fraction of sp³-hybridized carbons (Fsp3) is 0.357. The summed E-state index contributed by atoms with van der Waals surface area (Å²) in [6, 6.07) is 1.14. The number of benzene rings is 1. The summed E-state index contributed by atoms with van der Waals surface area (Å²) in [6.07, 6.45) is 3.78. The number of imide groups is 2. The van der Waals surface area contributed by atoms with Crippen molar-refractivity contribution in [1.82, 2.24) is 5.32 Å². The van der Waals surface area contributed by atoms with Crippen molar-refractivity contribution in [1.29, 1.82) is 0 Å². The summed E-state index contributed by atoms with van der Waals surface area (Å²) in [5.41, 5.74) is -0.356. The lowest BCUT2D eigenvalue weighted by Crippen LogP contribution is -2.31. The maximum absolute atomic E-state index is 14.0. The standard InChI is InChI=1S/C14H12ClFN2O4/c15-8-5-9(16)10(18-13(20)12(19)17-14(18)21)6-11(8)22-7-3-1-2-4-7/h5-7H,1-4H2,(H,17,19,21). The minimum atomic E-state index is -1.14.